The molecule has 118 valence electrons. The molecule has 0 spiro atoms. The molecule has 5 heteroatoms. The van der Waals surface area contributed by atoms with Gasteiger partial charge in [-0.05, 0) is 38.3 Å². The van der Waals surface area contributed by atoms with E-state index in [-0.39, 0.29) is 18.2 Å². The van der Waals surface area contributed by atoms with Gasteiger partial charge in [0.05, 0.1) is 0 Å². The molecule has 0 bridgehead atoms. The monoisotopic (exact) mass is 301 g/mol. The van der Waals surface area contributed by atoms with Crippen molar-refractivity contribution in [3.05, 3.63) is 36.0 Å². The molecule has 1 heterocycles. The fraction of sp³-hybridized carbons (Fsp3) is 0.412. The van der Waals surface area contributed by atoms with Crippen molar-refractivity contribution in [2.75, 3.05) is 0 Å². The van der Waals surface area contributed by atoms with Gasteiger partial charge in [-0.15, -0.1) is 0 Å². The van der Waals surface area contributed by atoms with Gasteiger partial charge in [0.15, 0.2) is 0 Å². The van der Waals surface area contributed by atoms with Crippen molar-refractivity contribution in [1.29, 1.82) is 0 Å². The summed E-state index contributed by atoms with van der Waals surface area (Å²) in [4.78, 5) is 26.6. The van der Waals surface area contributed by atoms with Crippen LogP contribution in [0.15, 0.2) is 30.5 Å². The first-order chi connectivity index (χ1) is 10.3. The zero-order chi connectivity index (χ0) is 16.3. The standard InChI is InChI=1S/C17H23N3O2/c1-17(2,16(19)22)15(21)8-7-12(18)9-11-10-20-14-6-4-3-5-13(11)14/h3-6,10,12,20H,7-9,18H2,1-2H3,(H2,19,22)/t12-/m0/s1. The van der Waals surface area contributed by atoms with Crippen LogP contribution >= 0.6 is 0 Å². The van der Waals surface area contributed by atoms with Gasteiger partial charge in [0, 0.05) is 29.6 Å². The quantitative estimate of drug-likeness (QED) is 0.680. The minimum atomic E-state index is -1.12. The van der Waals surface area contributed by atoms with Crippen LogP contribution in [0.3, 0.4) is 0 Å². The number of carbonyl (C=O) groups excluding carboxylic acids is 2. The van der Waals surface area contributed by atoms with Gasteiger partial charge < -0.3 is 16.5 Å². The first-order valence-electron chi connectivity index (χ1n) is 7.46. The first kappa shape index (κ1) is 16.2. The zero-order valence-electron chi connectivity index (χ0n) is 13.1. The highest BCUT2D eigenvalue weighted by molar-refractivity contribution is 6.04. The molecule has 1 aromatic heterocycles. The summed E-state index contributed by atoms with van der Waals surface area (Å²) in [6.07, 6.45) is 3.45. The number of H-pyrrole nitrogens is 1. The van der Waals surface area contributed by atoms with E-state index in [0.29, 0.717) is 12.8 Å². The number of hydrogen-bond donors (Lipinski definition) is 3. The third-order valence-electron chi connectivity index (χ3n) is 4.21. The van der Waals surface area contributed by atoms with Crippen LogP contribution in [0.5, 0.6) is 0 Å². The molecule has 0 radical (unpaired) electrons. The van der Waals surface area contributed by atoms with Gasteiger partial charge >= 0.3 is 0 Å². The number of benzene rings is 1. The lowest BCUT2D eigenvalue weighted by Crippen LogP contribution is -2.39. The highest BCUT2D eigenvalue weighted by Gasteiger charge is 2.33. The smallest absolute Gasteiger partial charge is 0.230 e. The molecule has 1 atom stereocenters. The molecule has 0 aliphatic rings. The van der Waals surface area contributed by atoms with Crippen LogP contribution in [0.1, 0.15) is 32.3 Å². The molecule has 1 amide bonds. The van der Waals surface area contributed by atoms with Crippen molar-refractivity contribution < 1.29 is 9.59 Å². The predicted molar refractivity (Wildman–Crippen MR) is 87.2 cm³/mol. The average molecular weight is 301 g/mol. The van der Waals surface area contributed by atoms with E-state index in [1.807, 2.05) is 24.4 Å². The van der Waals surface area contributed by atoms with Crippen molar-refractivity contribution in [1.82, 2.24) is 4.98 Å². The molecule has 0 saturated heterocycles. The van der Waals surface area contributed by atoms with Gasteiger partial charge in [0.2, 0.25) is 5.91 Å². The molecule has 5 nitrogen and oxygen atoms in total. The van der Waals surface area contributed by atoms with Crippen LogP contribution in [0.2, 0.25) is 0 Å². The number of amides is 1. The molecule has 0 aliphatic carbocycles. The Morgan fingerprint density at radius 1 is 1.27 bits per heavy atom. The molecule has 1 aromatic carbocycles. The topological polar surface area (TPSA) is 102 Å². The summed E-state index contributed by atoms with van der Waals surface area (Å²) >= 11 is 0. The lowest BCUT2D eigenvalue weighted by Gasteiger charge is -2.19. The number of nitrogens with two attached hydrogens (primary N) is 2. The summed E-state index contributed by atoms with van der Waals surface area (Å²) < 4.78 is 0. The van der Waals surface area contributed by atoms with E-state index in [1.165, 1.54) is 0 Å². The van der Waals surface area contributed by atoms with E-state index in [9.17, 15) is 9.59 Å². The van der Waals surface area contributed by atoms with E-state index in [2.05, 4.69) is 11.1 Å². The van der Waals surface area contributed by atoms with Crippen LogP contribution in [-0.2, 0) is 16.0 Å². The Balaban J connectivity index is 1.95. The van der Waals surface area contributed by atoms with E-state index >= 15 is 0 Å². The molecule has 0 saturated carbocycles. The molecule has 5 N–H and O–H groups in total. The fourth-order valence-electron chi connectivity index (χ4n) is 2.45. The average Bonchev–Trinajstić information content (AvgIpc) is 2.88. The van der Waals surface area contributed by atoms with E-state index in [1.54, 1.807) is 13.8 Å². The Morgan fingerprint density at radius 3 is 2.64 bits per heavy atom. The summed E-state index contributed by atoms with van der Waals surface area (Å²) in [7, 11) is 0. The third kappa shape index (κ3) is 3.36. The van der Waals surface area contributed by atoms with Crippen LogP contribution in [-0.4, -0.2) is 22.7 Å². The number of carbonyl (C=O) groups is 2. The number of aromatic nitrogens is 1. The third-order valence-corrected chi connectivity index (χ3v) is 4.21. The summed E-state index contributed by atoms with van der Waals surface area (Å²) in [5.74, 6) is -0.753. The number of Topliss-reactive ketones (excluding diaryl/α,β-unsaturated/α-hetero) is 1. The van der Waals surface area contributed by atoms with Gasteiger partial charge in [-0.1, -0.05) is 18.2 Å². The molecule has 22 heavy (non-hydrogen) atoms. The van der Waals surface area contributed by atoms with Crippen molar-refractivity contribution in [2.45, 2.75) is 39.2 Å². The van der Waals surface area contributed by atoms with Crippen molar-refractivity contribution >= 4 is 22.6 Å². The second kappa shape index (κ2) is 6.32. The lowest BCUT2D eigenvalue weighted by atomic mass is 9.84. The molecule has 0 fully saturated rings. The minimum absolute atomic E-state index is 0.133. The lowest BCUT2D eigenvalue weighted by molar-refractivity contribution is -0.138. The largest absolute Gasteiger partial charge is 0.369 e. The Morgan fingerprint density at radius 2 is 1.95 bits per heavy atom. The maximum absolute atomic E-state index is 12.1. The van der Waals surface area contributed by atoms with Crippen molar-refractivity contribution in [3.63, 3.8) is 0 Å². The van der Waals surface area contributed by atoms with Crippen molar-refractivity contribution in [2.24, 2.45) is 16.9 Å². The van der Waals surface area contributed by atoms with Crippen LogP contribution in [0.4, 0.5) is 0 Å². The van der Waals surface area contributed by atoms with Crippen LogP contribution < -0.4 is 11.5 Å². The van der Waals surface area contributed by atoms with Gasteiger partial charge in [0.1, 0.15) is 11.2 Å². The molecule has 0 unspecified atom stereocenters. The molecule has 2 aromatic rings. The van der Waals surface area contributed by atoms with Crippen LogP contribution in [0.25, 0.3) is 10.9 Å². The Kier molecular flexibility index (Phi) is 4.66. The SMILES string of the molecule is CC(C)(C(N)=O)C(=O)CC[C@H](N)Cc1c[nH]c2ccccc12. The molecule has 2 rings (SSSR count). The predicted octanol–water partition coefficient (Wildman–Crippen LogP) is 1.90. The minimum Gasteiger partial charge on any atom is -0.369 e. The highest BCUT2D eigenvalue weighted by Crippen LogP contribution is 2.22. The van der Waals surface area contributed by atoms with Crippen LogP contribution in [0, 0.1) is 5.41 Å². The van der Waals surface area contributed by atoms with Gasteiger partial charge in [-0.2, -0.15) is 0 Å². The normalized spacial score (nSPS) is 13.2. The molecular formula is C17H23N3O2. The number of primary amides is 1. The summed E-state index contributed by atoms with van der Waals surface area (Å²) in [5, 5.41) is 1.15. The number of hydrogen-bond acceptors (Lipinski definition) is 3. The maximum Gasteiger partial charge on any atom is 0.230 e. The summed E-state index contributed by atoms with van der Waals surface area (Å²) in [5.41, 5.74) is 12.5. The number of aromatic amines is 1. The second-order valence-corrected chi connectivity index (χ2v) is 6.27. The first-order valence-corrected chi connectivity index (χ1v) is 7.46. The summed E-state index contributed by atoms with van der Waals surface area (Å²) in [6, 6.07) is 7.90. The van der Waals surface area contributed by atoms with Gasteiger partial charge in [-0.25, -0.2) is 0 Å². The highest BCUT2D eigenvalue weighted by atomic mass is 16.2. The van der Waals surface area contributed by atoms with Gasteiger partial charge in [-0.3, -0.25) is 9.59 Å². The number of fused-ring (bicyclic) bond motifs is 1. The van der Waals surface area contributed by atoms with Crippen molar-refractivity contribution in [3.8, 4) is 0 Å². The zero-order valence-corrected chi connectivity index (χ0v) is 13.1. The maximum atomic E-state index is 12.1. The fourth-order valence-corrected chi connectivity index (χ4v) is 2.45. The molecular weight excluding hydrogens is 278 g/mol. The summed E-state index contributed by atoms with van der Waals surface area (Å²) in [6.45, 7) is 3.12. The van der Waals surface area contributed by atoms with E-state index in [0.717, 1.165) is 16.5 Å². The number of ketones is 1. The number of rotatable bonds is 7. The number of nitrogens with one attached hydrogen (secondary N) is 1. The van der Waals surface area contributed by atoms with Gasteiger partial charge in [0.25, 0.3) is 0 Å². The second-order valence-electron chi connectivity index (χ2n) is 6.27. The Hall–Kier alpha value is -2.14. The Labute approximate surface area is 130 Å². The molecule has 0 aliphatic heterocycles. The Bertz CT molecular complexity index is 688. The van der Waals surface area contributed by atoms with E-state index < -0.39 is 11.3 Å². The number of para-hydroxylation sites is 1. The van der Waals surface area contributed by atoms with E-state index in [4.69, 9.17) is 11.5 Å².